The van der Waals surface area contributed by atoms with Gasteiger partial charge in [0.1, 0.15) is 0 Å². The van der Waals surface area contributed by atoms with Crippen molar-refractivity contribution in [1.82, 2.24) is 14.9 Å². The maximum absolute atomic E-state index is 8.36. The zero-order chi connectivity index (χ0) is 12.1. The molecular weight excluding hydrogens is 218 g/mol. The van der Waals surface area contributed by atoms with Crippen molar-refractivity contribution in [2.75, 3.05) is 0 Å². The Labute approximate surface area is 97.0 Å². The molecule has 0 unspecified atom stereocenters. The van der Waals surface area contributed by atoms with Crippen LogP contribution in [0.15, 0.2) is 40.5 Å². The SMILES string of the molecule is Cc1nnc(N=[N+]=[N-])n1/N=C/c1ccccc1. The summed E-state index contributed by atoms with van der Waals surface area (Å²) < 4.78 is 1.38. The van der Waals surface area contributed by atoms with Gasteiger partial charge in [-0.25, -0.2) is 0 Å². The molecule has 84 valence electrons. The molecule has 1 aromatic carbocycles. The third kappa shape index (κ3) is 2.47. The molecule has 0 bridgehead atoms. The van der Waals surface area contributed by atoms with Crippen LogP contribution in [0.3, 0.4) is 0 Å². The molecule has 2 aromatic rings. The molecule has 1 heterocycles. The summed E-state index contributed by atoms with van der Waals surface area (Å²) in [6.07, 6.45) is 1.65. The molecule has 0 radical (unpaired) electrons. The van der Waals surface area contributed by atoms with Crippen molar-refractivity contribution < 1.29 is 0 Å². The fourth-order valence-electron chi connectivity index (χ4n) is 1.25. The number of nitrogens with zero attached hydrogens (tertiary/aromatic N) is 7. The largest absolute Gasteiger partial charge is 0.241 e. The van der Waals surface area contributed by atoms with E-state index in [-0.39, 0.29) is 5.95 Å². The van der Waals surface area contributed by atoms with Crippen LogP contribution in [0.4, 0.5) is 5.95 Å². The van der Waals surface area contributed by atoms with Gasteiger partial charge < -0.3 is 0 Å². The highest BCUT2D eigenvalue weighted by atomic mass is 15.5. The van der Waals surface area contributed by atoms with Crippen molar-refractivity contribution in [2.24, 2.45) is 10.2 Å². The first-order chi connectivity index (χ1) is 8.31. The van der Waals surface area contributed by atoms with E-state index in [1.54, 1.807) is 13.1 Å². The first-order valence-corrected chi connectivity index (χ1v) is 4.88. The quantitative estimate of drug-likeness (QED) is 0.348. The van der Waals surface area contributed by atoms with Gasteiger partial charge in [0.25, 0.3) is 0 Å². The lowest BCUT2D eigenvalue weighted by molar-refractivity contribution is 0.832. The Morgan fingerprint density at radius 3 is 2.76 bits per heavy atom. The topological polar surface area (TPSA) is 91.8 Å². The second-order valence-electron chi connectivity index (χ2n) is 3.20. The number of benzene rings is 1. The van der Waals surface area contributed by atoms with E-state index in [1.165, 1.54) is 4.68 Å². The highest BCUT2D eigenvalue weighted by molar-refractivity contribution is 5.79. The van der Waals surface area contributed by atoms with E-state index >= 15 is 0 Å². The number of azide groups is 1. The number of hydrogen-bond acceptors (Lipinski definition) is 4. The van der Waals surface area contributed by atoms with Gasteiger partial charge in [0.05, 0.1) is 6.21 Å². The minimum atomic E-state index is 0.122. The molecule has 1 aromatic heterocycles. The monoisotopic (exact) mass is 227 g/mol. The molecule has 7 nitrogen and oxygen atoms in total. The van der Waals surface area contributed by atoms with Crippen LogP contribution in [0, 0.1) is 6.92 Å². The van der Waals surface area contributed by atoms with Crippen LogP contribution in [0.2, 0.25) is 0 Å². The minimum Gasteiger partial charge on any atom is -0.195 e. The van der Waals surface area contributed by atoms with Gasteiger partial charge in [0.15, 0.2) is 5.82 Å². The summed E-state index contributed by atoms with van der Waals surface area (Å²) >= 11 is 0. The summed E-state index contributed by atoms with van der Waals surface area (Å²) in [5.74, 6) is 0.678. The minimum absolute atomic E-state index is 0.122. The van der Waals surface area contributed by atoms with E-state index in [0.29, 0.717) is 5.82 Å². The van der Waals surface area contributed by atoms with Crippen LogP contribution in [0.5, 0.6) is 0 Å². The van der Waals surface area contributed by atoms with E-state index in [1.807, 2.05) is 30.3 Å². The lowest BCUT2D eigenvalue weighted by atomic mass is 10.2. The van der Waals surface area contributed by atoms with Crippen molar-refractivity contribution in [2.45, 2.75) is 6.92 Å². The average Bonchev–Trinajstić information content (AvgIpc) is 2.70. The van der Waals surface area contributed by atoms with Crippen molar-refractivity contribution in [3.05, 3.63) is 52.2 Å². The fourth-order valence-corrected chi connectivity index (χ4v) is 1.25. The highest BCUT2D eigenvalue weighted by Gasteiger charge is 2.04. The Balaban J connectivity index is 2.33. The molecule has 0 atom stereocenters. The number of rotatable bonds is 3. The number of aromatic nitrogens is 3. The Hall–Kier alpha value is -2.66. The molecule has 7 heteroatoms. The third-order valence-corrected chi connectivity index (χ3v) is 2.04. The summed E-state index contributed by atoms with van der Waals surface area (Å²) in [5.41, 5.74) is 9.30. The van der Waals surface area contributed by atoms with Crippen molar-refractivity contribution in [3.63, 3.8) is 0 Å². The van der Waals surface area contributed by atoms with E-state index in [4.69, 9.17) is 5.53 Å². The second-order valence-corrected chi connectivity index (χ2v) is 3.20. The Morgan fingerprint density at radius 2 is 2.06 bits per heavy atom. The Bertz CT molecular complexity index is 578. The summed E-state index contributed by atoms with van der Waals surface area (Å²) in [6.45, 7) is 1.73. The molecular formula is C10H9N7. The van der Waals surface area contributed by atoms with Crippen LogP contribution in [-0.4, -0.2) is 21.1 Å². The molecule has 0 saturated carbocycles. The van der Waals surface area contributed by atoms with Gasteiger partial charge in [0, 0.05) is 4.91 Å². The molecule has 0 saturated heterocycles. The van der Waals surface area contributed by atoms with E-state index in [2.05, 4.69) is 25.3 Å². The van der Waals surface area contributed by atoms with Gasteiger partial charge in [-0.05, 0) is 23.1 Å². The van der Waals surface area contributed by atoms with Crippen LogP contribution in [-0.2, 0) is 0 Å². The number of hydrogen-bond donors (Lipinski definition) is 0. The molecule has 0 amide bonds. The summed E-state index contributed by atoms with van der Waals surface area (Å²) in [6, 6.07) is 9.57. The predicted molar refractivity (Wildman–Crippen MR) is 63.0 cm³/mol. The smallest absolute Gasteiger partial charge is 0.195 e. The zero-order valence-corrected chi connectivity index (χ0v) is 9.09. The van der Waals surface area contributed by atoms with Crippen LogP contribution in [0.1, 0.15) is 11.4 Å². The van der Waals surface area contributed by atoms with Crippen LogP contribution >= 0.6 is 0 Å². The van der Waals surface area contributed by atoms with Gasteiger partial charge in [-0.1, -0.05) is 30.3 Å². The van der Waals surface area contributed by atoms with Crippen LogP contribution < -0.4 is 0 Å². The number of aryl methyl sites for hydroxylation is 1. The lowest BCUT2D eigenvalue weighted by Crippen LogP contribution is -1.93. The van der Waals surface area contributed by atoms with Gasteiger partial charge in [-0.15, -0.1) is 10.2 Å². The molecule has 0 N–H and O–H groups in total. The normalized spacial score (nSPS) is 10.4. The fraction of sp³-hybridized carbons (Fsp3) is 0.100. The average molecular weight is 227 g/mol. The summed E-state index contributed by atoms with van der Waals surface area (Å²) in [5, 5.41) is 15.0. The molecule has 0 aliphatic rings. The Kier molecular flexibility index (Phi) is 3.13. The molecule has 0 aliphatic carbocycles. The molecule has 0 fully saturated rings. The standard InChI is InChI=1S/C10H9N7/c1-8-13-14-10(15-16-11)17(8)12-7-9-5-3-2-4-6-9/h2-7H,1H3/b12-7+. The maximum atomic E-state index is 8.36. The second kappa shape index (κ2) is 4.91. The van der Waals surface area contributed by atoms with Crippen molar-refractivity contribution in [1.29, 1.82) is 0 Å². The third-order valence-electron chi connectivity index (χ3n) is 2.04. The zero-order valence-electron chi connectivity index (χ0n) is 9.09. The van der Waals surface area contributed by atoms with Crippen LogP contribution in [0.25, 0.3) is 10.4 Å². The molecule has 0 aliphatic heterocycles. The summed E-state index contributed by atoms with van der Waals surface area (Å²) in [7, 11) is 0. The van der Waals surface area contributed by atoms with Gasteiger partial charge in [0.2, 0.25) is 5.95 Å². The van der Waals surface area contributed by atoms with Gasteiger partial charge in [-0.3, -0.25) is 0 Å². The first-order valence-electron chi connectivity index (χ1n) is 4.88. The lowest BCUT2D eigenvalue weighted by Gasteiger charge is -1.96. The van der Waals surface area contributed by atoms with Gasteiger partial charge >= 0.3 is 0 Å². The molecule has 2 rings (SSSR count). The van der Waals surface area contributed by atoms with E-state index < -0.39 is 0 Å². The molecule has 17 heavy (non-hydrogen) atoms. The first kappa shape index (κ1) is 10.8. The van der Waals surface area contributed by atoms with Crippen molar-refractivity contribution in [3.8, 4) is 0 Å². The summed E-state index contributed by atoms with van der Waals surface area (Å²) in [4.78, 5) is 2.66. The van der Waals surface area contributed by atoms with E-state index in [9.17, 15) is 0 Å². The Morgan fingerprint density at radius 1 is 1.29 bits per heavy atom. The van der Waals surface area contributed by atoms with E-state index in [0.717, 1.165) is 5.56 Å². The maximum Gasteiger partial charge on any atom is 0.241 e. The van der Waals surface area contributed by atoms with Crippen molar-refractivity contribution >= 4 is 12.2 Å². The van der Waals surface area contributed by atoms with Gasteiger partial charge in [-0.2, -0.15) is 9.78 Å². The molecule has 0 spiro atoms. The predicted octanol–water partition coefficient (Wildman–Crippen LogP) is 2.41. The highest BCUT2D eigenvalue weighted by Crippen LogP contribution is 2.10.